The molecule has 1 N–H and O–H groups in total. The summed E-state index contributed by atoms with van der Waals surface area (Å²) in [6.45, 7) is -0.554. The number of nitrogens with one attached hydrogen (secondary N) is 1. The zero-order chi connectivity index (χ0) is 16.3. The molecule has 0 spiro atoms. The summed E-state index contributed by atoms with van der Waals surface area (Å²) in [7, 11) is 0. The van der Waals surface area contributed by atoms with Gasteiger partial charge >= 0.3 is 12.1 Å². The number of amides is 1. The topological polar surface area (TPSA) is 55.4 Å². The lowest BCUT2D eigenvalue weighted by Gasteiger charge is -2.22. The molecule has 0 heterocycles. The minimum Gasteiger partial charge on any atom is -0.455 e. The number of ether oxygens (including phenoxy) is 1. The Morgan fingerprint density at radius 1 is 1.32 bits per heavy atom. The van der Waals surface area contributed by atoms with Crippen LogP contribution in [-0.4, -0.2) is 18.5 Å². The summed E-state index contributed by atoms with van der Waals surface area (Å²) in [4.78, 5) is 23.1. The molecule has 0 bridgehead atoms. The molecule has 1 aromatic rings. The Kier molecular flexibility index (Phi) is 4.95. The first kappa shape index (κ1) is 16.6. The lowest BCUT2D eigenvalue weighted by molar-refractivity contribution is -0.154. The molecule has 0 aliphatic heterocycles. The van der Waals surface area contributed by atoms with Gasteiger partial charge in [-0.25, -0.2) is 0 Å². The first-order valence-corrected chi connectivity index (χ1v) is 6.98. The highest BCUT2D eigenvalue weighted by molar-refractivity contribution is 6.33. The van der Waals surface area contributed by atoms with Gasteiger partial charge in [-0.2, -0.15) is 13.2 Å². The number of hydrogen-bond acceptors (Lipinski definition) is 3. The number of hydrogen-bond donors (Lipinski definition) is 1. The third-order valence-corrected chi connectivity index (χ3v) is 3.68. The van der Waals surface area contributed by atoms with Crippen LogP contribution in [0.1, 0.15) is 24.8 Å². The largest absolute Gasteiger partial charge is 0.455 e. The van der Waals surface area contributed by atoms with E-state index in [1.165, 1.54) is 0 Å². The van der Waals surface area contributed by atoms with Gasteiger partial charge in [0.15, 0.2) is 6.61 Å². The quantitative estimate of drug-likeness (QED) is 0.855. The van der Waals surface area contributed by atoms with Crippen molar-refractivity contribution in [3.63, 3.8) is 0 Å². The molecule has 120 valence electrons. The highest BCUT2D eigenvalue weighted by Crippen LogP contribution is 2.33. The van der Waals surface area contributed by atoms with Crippen LogP contribution in [0.4, 0.5) is 18.9 Å². The number of benzene rings is 1. The highest BCUT2D eigenvalue weighted by Gasteiger charge is 2.31. The Morgan fingerprint density at radius 3 is 2.55 bits per heavy atom. The van der Waals surface area contributed by atoms with E-state index in [1.54, 1.807) is 0 Å². The van der Waals surface area contributed by atoms with Crippen LogP contribution in [0, 0.1) is 5.92 Å². The zero-order valence-corrected chi connectivity index (χ0v) is 12.1. The second-order valence-electron chi connectivity index (χ2n) is 4.98. The first-order valence-electron chi connectivity index (χ1n) is 6.60. The van der Waals surface area contributed by atoms with Crippen molar-refractivity contribution in [3.05, 3.63) is 28.8 Å². The molecular weight excluding hydrogens is 323 g/mol. The number of carbonyl (C=O) groups excluding carboxylic acids is 2. The number of esters is 1. The predicted molar refractivity (Wildman–Crippen MR) is 73.4 cm³/mol. The van der Waals surface area contributed by atoms with Gasteiger partial charge in [-0.05, 0) is 31.0 Å². The van der Waals surface area contributed by atoms with E-state index >= 15 is 0 Å². The van der Waals surface area contributed by atoms with Gasteiger partial charge in [-0.15, -0.1) is 0 Å². The van der Waals surface area contributed by atoms with E-state index in [2.05, 4.69) is 5.32 Å². The van der Waals surface area contributed by atoms with E-state index < -0.39 is 30.2 Å². The van der Waals surface area contributed by atoms with Gasteiger partial charge in [0.1, 0.15) is 0 Å². The first-order chi connectivity index (χ1) is 10.3. The van der Waals surface area contributed by atoms with Crippen molar-refractivity contribution in [3.8, 4) is 0 Å². The van der Waals surface area contributed by atoms with Crippen molar-refractivity contribution in [2.45, 2.75) is 25.4 Å². The molecule has 22 heavy (non-hydrogen) atoms. The van der Waals surface area contributed by atoms with Crippen LogP contribution in [0.15, 0.2) is 18.2 Å². The van der Waals surface area contributed by atoms with Crippen LogP contribution in [0.3, 0.4) is 0 Å². The van der Waals surface area contributed by atoms with Gasteiger partial charge in [-0.1, -0.05) is 18.0 Å². The Labute approximate surface area is 129 Å². The Balaban J connectivity index is 1.94. The minimum atomic E-state index is -4.54. The van der Waals surface area contributed by atoms with Gasteiger partial charge in [0.2, 0.25) is 0 Å². The molecule has 0 unspecified atom stereocenters. The predicted octanol–water partition coefficient (Wildman–Crippen LogP) is 3.64. The zero-order valence-electron chi connectivity index (χ0n) is 11.4. The fourth-order valence-corrected chi connectivity index (χ4v) is 2.05. The van der Waals surface area contributed by atoms with Crippen molar-refractivity contribution in [1.29, 1.82) is 0 Å². The molecule has 0 atom stereocenters. The van der Waals surface area contributed by atoms with E-state index in [9.17, 15) is 22.8 Å². The van der Waals surface area contributed by atoms with E-state index in [1.807, 2.05) is 0 Å². The second-order valence-corrected chi connectivity index (χ2v) is 5.38. The van der Waals surface area contributed by atoms with Gasteiger partial charge in [0, 0.05) is 0 Å². The van der Waals surface area contributed by atoms with Crippen molar-refractivity contribution >= 4 is 29.2 Å². The van der Waals surface area contributed by atoms with E-state index in [0.717, 1.165) is 37.5 Å². The SMILES string of the molecule is O=C(COC(=O)C1CCC1)Nc1cc(C(F)(F)F)ccc1Cl. The molecule has 1 aliphatic carbocycles. The molecule has 4 nitrogen and oxygen atoms in total. The average molecular weight is 336 g/mol. The summed E-state index contributed by atoms with van der Waals surface area (Å²) < 4.78 is 42.6. The maximum absolute atomic E-state index is 12.6. The number of anilines is 1. The lowest BCUT2D eigenvalue weighted by Crippen LogP contribution is -2.28. The smallest absolute Gasteiger partial charge is 0.416 e. The third-order valence-electron chi connectivity index (χ3n) is 3.35. The van der Waals surface area contributed by atoms with Crippen LogP contribution in [0.2, 0.25) is 5.02 Å². The van der Waals surface area contributed by atoms with Crippen molar-refractivity contribution < 1.29 is 27.5 Å². The number of carbonyl (C=O) groups is 2. The fraction of sp³-hybridized carbons (Fsp3) is 0.429. The monoisotopic (exact) mass is 335 g/mol. The molecule has 1 fully saturated rings. The van der Waals surface area contributed by atoms with Crippen molar-refractivity contribution in [1.82, 2.24) is 0 Å². The van der Waals surface area contributed by atoms with Crippen LogP contribution < -0.4 is 5.32 Å². The molecule has 0 saturated heterocycles. The fourth-order valence-electron chi connectivity index (χ4n) is 1.88. The summed E-state index contributed by atoms with van der Waals surface area (Å²) in [5.74, 6) is -1.38. The Hall–Kier alpha value is -1.76. The van der Waals surface area contributed by atoms with Crippen molar-refractivity contribution in [2.24, 2.45) is 5.92 Å². The molecule has 0 radical (unpaired) electrons. The van der Waals surface area contributed by atoms with Crippen LogP contribution in [0.5, 0.6) is 0 Å². The van der Waals surface area contributed by atoms with Crippen LogP contribution >= 0.6 is 11.6 Å². The molecule has 1 amide bonds. The number of halogens is 4. The van der Waals surface area contributed by atoms with Crippen LogP contribution in [0.25, 0.3) is 0 Å². The summed E-state index contributed by atoms with van der Waals surface area (Å²) in [5, 5.41) is 2.17. The van der Waals surface area contributed by atoms with Gasteiger partial charge in [-0.3, -0.25) is 9.59 Å². The van der Waals surface area contributed by atoms with Crippen molar-refractivity contribution in [2.75, 3.05) is 11.9 Å². The summed E-state index contributed by atoms with van der Waals surface area (Å²) in [5.41, 5.74) is -1.11. The Bertz CT molecular complexity index is 585. The van der Waals surface area contributed by atoms with Gasteiger partial charge in [0.25, 0.3) is 5.91 Å². The second kappa shape index (κ2) is 6.56. The molecule has 1 aromatic carbocycles. The Morgan fingerprint density at radius 2 is 2.00 bits per heavy atom. The van der Waals surface area contributed by atoms with Gasteiger partial charge < -0.3 is 10.1 Å². The normalized spacial score (nSPS) is 15.1. The van der Waals surface area contributed by atoms with Gasteiger partial charge in [0.05, 0.1) is 22.2 Å². The number of rotatable bonds is 4. The molecule has 8 heteroatoms. The maximum Gasteiger partial charge on any atom is 0.416 e. The molecule has 1 aliphatic rings. The molecule has 2 rings (SSSR count). The summed E-state index contributed by atoms with van der Waals surface area (Å²) in [6, 6.07) is 2.59. The average Bonchev–Trinajstić information content (AvgIpc) is 2.35. The van der Waals surface area contributed by atoms with E-state index in [4.69, 9.17) is 16.3 Å². The molecule has 0 aromatic heterocycles. The lowest BCUT2D eigenvalue weighted by atomic mass is 9.86. The standard InChI is InChI=1S/C14H13ClF3NO3/c15-10-5-4-9(14(16,17)18)6-11(10)19-12(20)7-22-13(21)8-2-1-3-8/h4-6,8H,1-3,7H2,(H,19,20). The van der Waals surface area contributed by atoms with Crippen LogP contribution in [-0.2, 0) is 20.5 Å². The molecular formula is C14H13ClF3NO3. The molecule has 1 saturated carbocycles. The summed E-state index contributed by atoms with van der Waals surface area (Å²) >= 11 is 5.75. The highest BCUT2D eigenvalue weighted by atomic mass is 35.5. The maximum atomic E-state index is 12.6. The third kappa shape index (κ3) is 4.13. The minimum absolute atomic E-state index is 0.0355. The number of alkyl halides is 3. The summed E-state index contributed by atoms with van der Waals surface area (Å²) in [6.07, 6.45) is -2.12. The van der Waals surface area contributed by atoms with E-state index in [0.29, 0.717) is 0 Å². The van der Waals surface area contributed by atoms with E-state index in [-0.39, 0.29) is 16.6 Å².